The number of aromatic nitrogens is 4. The first-order valence-corrected chi connectivity index (χ1v) is 8.24. The van der Waals surface area contributed by atoms with Gasteiger partial charge in [0, 0.05) is 35.5 Å². The van der Waals surface area contributed by atoms with Crippen LogP contribution in [0.15, 0.2) is 35.6 Å². The van der Waals surface area contributed by atoms with Crippen molar-refractivity contribution < 1.29 is 0 Å². The number of thioether (sulfide) groups is 1. The topological polar surface area (TPSA) is 46.5 Å². The van der Waals surface area contributed by atoms with Crippen molar-refractivity contribution >= 4 is 22.7 Å². The molecule has 0 atom stereocenters. The Kier molecular flexibility index (Phi) is 4.01. The molecule has 0 amide bonds. The maximum atomic E-state index is 4.38. The van der Waals surface area contributed by atoms with Gasteiger partial charge in [-0.05, 0) is 18.4 Å². The van der Waals surface area contributed by atoms with Gasteiger partial charge in [-0.15, -0.1) is 10.2 Å². The van der Waals surface area contributed by atoms with Crippen molar-refractivity contribution in [3.05, 3.63) is 30.5 Å². The van der Waals surface area contributed by atoms with Crippen LogP contribution in [0.3, 0.4) is 0 Å². The summed E-state index contributed by atoms with van der Waals surface area (Å²) in [7, 11) is 2.04. The first kappa shape index (κ1) is 14.2. The normalized spacial score (nSPS) is 11.6. The van der Waals surface area contributed by atoms with Crippen LogP contribution in [-0.2, 0) is 7.05 Å². The number of fused-ring (bicyclic) bond motifs is 1. The van der Waals surface area contributed by atoms with Gasteiger partial charge in [0.05, 0.1) is 0 Å². The van der Waals surface area contributed by atoms with E-state index in [0.717, 1.165) is 33.7 Å². The molecule has 1 N–H and O–H groups in total. The van der Waals surface area contributed by atoms with Gasteiger partial charge in [-0.1, -0.05) is 43.8 Å². The maximum Gasteiger partial charge on any atom is 0.191 e. The minimum absolute atomic E-state index is 0.721. The van der Waals surface area contributed by atoms with Gasteiger partial charge in [0.2, 0.25) is 0 Å². The fourth-order valence-corrected chi connectivity index (χ4v) is 3.47. The second kappa shape index (κ2) is 5.93. The van der Waals surface area contributed by atoms with Crippen LogP contribution in [0.1, 0.15) is 20.3 Å². The van der Waals surface area contributed by atoms with Gasteiger partial charge < -0.3 is 9.55 Å². The average molecular weight is 300 g/mol. The van der Waals surface area contributed by atoms with Crippen LogP contribution < -0.4 is 0 Å². The van der Waals surface area contributed by atoms with Gasteiger partial charge in [0.25, 0.3) is 0 Å². The molecule has 1 aromatic carbocycles. The third kappa shape index (κ3) is 2.83. The lowest BCUT2D eigenvalue weighted by Gasteiger charge is -2.05. The van der Waals surface area contributed by atoms with E-state index < -0.39 is 0 Å². The lowest BCUT2D eigenvalue weighted by molar-refractivity contribution is 0.631. The predicted molar refractivity (Wildman–Crippen MR) is 88.5 cm³/mol. The number of nitrogens with zero attached hydrogens (tertiary/aromatic N) is 3. The number of H-pyrrole nitrogens is 1. The van der Waals surface area contributed by atoms with Gasteiger partial charge in [0.15, 0.2) is 11.0 Å². The van der Waals surface area contributed by atoms with Crippen LogP contribution in [0.5, 0.6) is 0 Å². The zero-order chi connectivity index (χ0) is 14.8. The van der Waals surface area contributed by atoms with Crippen LogP contribution >= 0.6 is 11.8 Å². The van der Waals surface area contributed by atoms with E-state index in [-0.39, 0.29) is 0 Å². The van der Waals surface area contributed by atoms with Crippen molar-refractivity contribution in [2.24, 2.45) is 13.0 Å². The molecule has 0 fully saturated rings. The Morgan fingerprint density at radius 3 is 2.86 bits per heavy atom. The Morgan fingerprint density at radius 1 is 1.24 bits per heavy atom. The zero-order valence-electron chi connectivity index (χ0n) is 12.6. The van der Waals surface area contributed by atoms with Gasteiger partial charge in [-0.3, -0.25) is 0 Å². The van der Waals surface area contributed by atoms with E-state index in [1.54, 1.807) is 11.8 Å². The van der Waals surface area contributed by atoms with E-state index >= 15 is 0 Å². The van der Waals surface area contributed by atoms with E-state index in [9.17, 15) is 0 Å². The smallest absolute Gasteiger partial charge is 0.191 e. The molecular weight excluding hydrogens is 280 g/mol. The summed E-state index contributed by atoms with van der Waals surface area (Å²) in [5.74, 6) is 2.72. The van der Waals surface area contributed by atoms with Crippen LogP contribution in [0.4, 0.5) is 0 Å². The first-order chi connectivity index (χ1) is 10.2. The number of aromatic amines is 1. The first-order valence-electron chi connectivity index (χ1n) is 7.25. The highest BCUT2D eigenvalue weighted by Crippen LogP contribution is 2.29. The third-order valence-electron chi connectivity index (χ3n) is 3.59. The summed E-state index contributed by atoms with van der Waals surface area (Å²) in [6, 6.07) is 8.27. The summed E-state index contributed by atoms with van der Waals surface area (Å²) in [5.41, 5.74) is 2.24. The molecule has 4 nitrogen and oxygen atoms in total. The molecule has 5 heteroatoms. The van der Waals surface area contributed by atoms with E-state index in [2.05, 4.69) is 45.7 Å². The summed E-state index contributed by atoms with van der Waals surface area (Å²) in [5, 5.41) is 10.9. The minimum Gasteiger partial charge on any atom is -0.360 e. The molecule has 0 aliphatic rings. The van der Waals surface area contributed by atoms with E-state index in [0.29, 0.717) is 0 Å². The number of hydrogen-bond donors (Lipinski definition) is 1. The zero-order valence-corrected chi connectivity index (χ0v) is 13.4. The predicted octanol–water partition coefficient (Wildman–Crippen LogP) is 4.10. The number of hydrogen-bond acceptors (Lipinski definition) is 3. The molecule has 110 valence electrons. The average Bonchev–Trinajstić information content (AvgIpc) is 3.03. The molecular formula is C16H20N4S. The van der Waals surface area contributed by atoms with Crippen molar-refractivity contribution in [1.29, 1.82) is 0 Å². The standard InChI is InChI=1S/C16H20N4S/c1-11(2)8-9-21-16-19-18-15(20(16)3)13-10-17-14-7-5-4-6-12(13)14/h4-7,10-11,17H,8-9H2,1-3H3. The number of benzene rings is 1. The lowest BCUT2D eigenvalue weighted by atomic mass is 10.1. The fourth-order valence-electron chi connectivity index (χ4n) is 2.32. The molecule has 3 aromatic rings. The third-order valence-corrected chi connectivity index (χ3v) is 4.64. The van der Waals surface area contributed by atoms with Gasteiger partial charge in [-0.25, -0.2) is 0 Å². The number of para-hydroxylation sites is 1. The van der Waals surface area contributed by atoms with Gasteiger partial charge in [0.1, 0.15) is 0 Å². The molecule has 2 heterocycles. The van der Waals surface area contributed by atoms with E-state index in [4.69, 9.17) is 0 Å². The van der Waals surface area contributed by atoms with E-state index in [1.807, 2.05) is 25.4 Å². The highest BCUT2D eigenvalue weighted by Gasteiger charge is 2.14. The van der Waals surface area contributed by atoms with Crippen molar-refractivity contribution in [1.82, 2.24) is 19.7 Å². The van der Waals surface area contributed by atoms with Crippen LogP contribution in [0, 0.1) is 5.92 Å². The fraction of sp³-hybridized carbons (Fsp3) is 0.375. The molecule has 2 aromatic heterocycles. The molecule has 0 unspecified atom stereocenters. The molecule has 0 saturated carbocycles. The number of rotatable bonds is 5. The number of nitrogens with one attached hydrogen (secondary N) is 1. The molecule has 0 radical (unpaired) electrons. The summed E-state index contributed by atoms with van der Waals surface area (Å²) >= 11 is 1.78. The minimum atomic E-state index is 0.721. The molecule has 3 rings (SSSR count). The summed E-state index contributed by atoms with van der Waals surface area (Å²) in [6.45, 7) is 4.49. The van der Waals surface area contributed by atoms with Crippen molar-refractivity contribution in [2.45, 2.75) is 25.4 Å². The summed E-state index contributed by atoms with van der Waals surface area (Å²) in [4.78, 5) is 3.29. The Morgan fingerprint density at radius 2 is 2.05 bits per heavy atom. The molecule has 0 bridgehead atoms. The van der Waals surface area contributed by atoms with Gasteiger partial charge in [-0.2, -0.15) is 0 Å². The Bertz CT molecular complexity index is 742. The lowest BCUT2D eigenvalue weighted by Crippen LogP contribution is -1.96. The van der Waals surface area contributed by atoms with Crippen LogP contribution in [0.25, 0.3) is 22.3 Å². The van der Waals surface area contributed by atoms with Crippen molar-refractivity contribution in [3.8, 4) is 11.4 Å². The van der Waals surface area contributed by atoms with Crippen molar-refractivity contribution in [2.75, 3.05) is 5.75 Å². The summed E-state index contributed by atoms with van der Waals surface area (Å²) < 4.78 is 2.08. The summed E-state index contributed by atoms with van der Waals surface area (Å²) in [6.07, 6.45) is 3.21. The van der Waals surface area contributed by atoms with Crippen LogP contribution in [0.2, 0.25) is 0 Å². The van der Waals surface area contributed by atoms with Gasteiger partial charge >= 0.3 is 0 Å². The highest BCUT2D eigenvalue weighted by atomic mass is 32.2. The molecule has 21 heavy (non-hydrogen) atoms. The maximum absolute atomic E-state index is 4.38. The van der Waals surface area contributed by atoms with E-state index in [1.165, 1.54) is 11.8 Å². The Labute approximate surface area is 129 Å². The SMILES string of the molecule is CC(C)CCSc1nnc(-c2c[nH]c3ccccc23)n1C. The Balaban J connectivity index is 1.88. The quantitative estimate of drug-likeness (QED) is 0.722. The Hall–Kier alpha value is -1.75. The molecule has 0 aliphatic heterocycles. The highest BCUT2D eigenvalue weighted by molar-refractivity contribution is 7.99. The van der Waals surface area contributed by atoms with Crippen LogP contribution in [-0.4, -0.2) is 25.5 Å². The second-order valence-corrected chi connectivity index (χ2v) is 6.71. The molecule has 0 saturated heterocycles. The largest absolute Gasteiger partial charge is 0.360 e. The monoisotopic (exact) mass is 300 g/mol. The second-order valence-electron chi connectivity index (χ2n) is 5.64. The molecule has 0 aliphatic carbocycles. The van der Waals surface area contributed by atoms with Crippen molar-refractivity contribution in [3.63, 3.8) is 0 Å². The molecule has 0 spiro atoms.